The van der Waals surface area contributed by atoms with Crippen molar-refractivity contribution in [1.29, 1.82) is 0 Å². The van der Waals surface area contributed by atoms with Gasteiger partial charge in [-0.05, 0) is 87.5 Å². The van der Waals surface area contributed by atoms with Crippen LogP contribution in [0.3, 0.4) is 0 Å². The molecule has 0 unspecified atom stereocenters. The molecule has 6 heterocycles. The fourth-order valence-corrected chi connectivity index (χ4v) is 19.2. The average Bonchev–Trinajstić information content (AvgIpc) is 4.13. The summed E-state index contributed by atoms with van der Waals surface area (Å²) in [4.78, 5) is 9.35. The average molecular weight is 881 g/mol. The smallest absolute Gasteiger partial charge is 0.182 e. The van der Waals surface area contributed by atoms with Crippen molar-refractivity contribution in [3.05, 3.63) is 219 Å². The highest BCUT2D eigenvalue weighted by Gasteiger charge is 2.44. The predicted octanol–water partition coefficient (Wildman–Crippen LogP) is 12.8. The van der Waals surface area contributed by atoms with Crippen LogP contribution in [0, 0.1) is 0 Å². The van der Waals surface area contributed by atoms with E-state index in [1.165, 1.54) is 72.0 Å². The third kappa shape index (κ3) is 5.23. The lowest BCUT2D eigenvalue weighted by atomic mass is 10.1. The number of hydrogen-bond acceptors (Lipinski definition) is 4. The third-order valence-electron chi connectivity index (χ3n) is 13.6. The number of fused-ring (bicyclic) bond motifs is 12. The van der Waals surface area contributed by atoms with E-state index in [4.69, 9.17) is 4.98 Å². The van der Waals surface area contributed by atoms with Gasteiger partial charge in [0.25, 0.3) is 0 Å². The molecule has 304 valence electrons. The van der Waals surface area contributed by atoms with Crippen LogP contribution in [0.5, 0.6) is 0 Å². The first-order valence-electron chi connectivity index (χ1n) is 22.0. The van der Waals surface area contributed by atoms with Crippen LogP contribution >= 0.6 is 22.7 Å². The number of benzene rings is 8. The lowest BCUT2D eigenvalue weighted by Gasteiger charge is -2.35. The van der Waals surface area contributed by atoms with Gasteiger partial charge in [0.2, 0.25) is 0 Å². The van der Waals surface area contributed by atoms with Crippen LogP contribution in [-0.4, -0.2) is 27.2 Å². The van der Waals surface area contributed by atoms with Crippen molar-refractivity contribution in [2.75, 3.05) is 0 Å². The second-order valence-corrected chi connectivity index (χ2v) is 22.7. The maximum Gasteiger partial charge on any atom is 0.182 e. The lowest BCUT2D eigenvalue weighted by molar-refractivity contribution is 1.18. The molecule has 6 aromatic heterocycles. The van der Waals surface area contributed by atoms with Crippen molar-refractivity contribution in [2.45, 2.75) is 0 Å². The molecule has 0 aliphatic rings. The summed E-state index contributed by atoms with van der Waals surface area (Å²) in [5.74, 6) is 0. The van der Waals surface area contributed by atoms with Gasteiger partial charge >= 0.3 is 0 Å². The number of hydrogen-bond donors (Lipinski definition) is 0. The monoisotopic (exact) mass is 880 g/mol. The normalized spacial score (nSPS) is 12.3. The molecule has 65 heavy (non-hydrogen) atoms. The Morgan fingerprint density at radius 1 is 0.369 bits per heavy atom. The Kier molecular flexibility index (Phi) is 8.01. The van der Waals surface area contributed by atoms with Crippen LogP contribution in [0.15, 0.2) is 219 Å². The minimum Gasteiger partial charge on any atom is -0.309 e. The van der Waals surface area contributed by atoms with E-state index in [2.05, 4.69) is 208 Å². The molecule has 14 aromatic rings. The van der Waals surface area contributed by atoms with Crippen LogP contribution in [0.2, 0.25) is 0 Å². The summed E-state index contributed by atoms with van der Waals surface area (Å²) in [7, 11) is -3.04. The maximum atomic E-state index is 4.84. The van der Waals surface area contributed by atoms with E-state index >= 15 is 0 Å². The molecule has 0 N–H and O–H groups in total. The molecule has 0 bridgehead atoms. The number of pyridine rings is 2. The highest BCUT2D eigenvalue weighted by atomic mass is 32.1. The first kappa shape index (κ1) is 36.8. The van der Waals surface area contributed by atoms with E-state index < -0.39 is 8.07 Å². The van der Waals surface area contributed by atoms with Gasteiger partial charge in [0.15, 0.2) is 8.07 Å². The molecule has 0 aliphatic carbocycles. The molecular weight excluding hydrogens is 845 g/mol. The zero-order valence-electron chi connectivity index (χ0n) is 34.9. The van der Waals surface area contributed by atoms with Gasteiger partial charge in [-0.25, -0.2) is 0 Å². The molecule has 0 atom stereocenters. The van der Waals surface area contributed by atoms with Crippen molar-refractivity contribution in [3.8, 4) is 11.4 Å². The zero-order valence-corrected chi connectivity index (χ0v) is 37.5. The van der Waals surface area contributed by atoms with Crippen molar-refractivity contribution in [2.24, 2.45) is 0 Å². The van der Waals surface area contributed by atoms with Crippen molar-refractivity contribution in [3.63, 3.8) is 0 Å². The molecule has 0 fully saturated rings. The molecule has 4 nitrogen and oxygen atoms in total. The molecule has 0 aliphatic heterocycles. The van der Waals surface area contributed by atoms with Crippen molar-refractivity contribution >= 4 is 136 Å². The fraction of sp³-hybridized carbons (Fsp3) is 0. The van der Waals surface area contributed by atoms with Gasteiger partial charge in [0.1, 0.15) is 0 Å². The third-order valence-corrected chi connectivity index (χ3v) is 21.3. The highest BCUT2D eigenvalue weighted by molar-refractivity contribution is 7.33. The van der Waals surface area contributed by atoms with Crippen LogP contribution in [0.4, 0.5) is 0 Å². The van der Waals surface area contributed by atoms with Crippen LogP contribution in [0.25, 0.3) is 95.5 Å². The van der Waals surface area contributed by atoms with E-state index in [9.17, 15) is 0 Å². The first-order chi connectivity index (χ1) is 32.3. The second-order valence-electron chi connectivity index (χ2n) is 16.9. The minimum atomic E-state index is -3.04. The van der Waals surface area contributed by atoms with Crippen LogP contribution < -0.4 is 20.7 Å². The van der Waals surface area contributed by atoms with Gasteiger partial charge in [-0.1, -0.05) is 133 Å². The molecule has 0 spiro atoms. The van der Waals surface area contributed by atoms with Crippen LogP contribution in [-0.2, 0) is 0 Å². The fourth-order valence-electron chi connectivity index (χ4n) is 10.9. The van der Waals surface area contributed by atoms with Gasteiger partial charge in [0.05, 0.1) is 27.6 Å². The largest absolute Gasteiger partial charge is 0.309 e. The standard InChI is InChI=1S/C58H36N4S2Si/c1-3-14-39(15-4-1)65(40-16-5-2-6-17-40,54-25-11-20-42-45-34-37(27-29-52(45)63-57(42)54)61-48-22-9-7-18-41(48)47-36-59-33-31-50(47)61)55-26-12-21-43-46-35-38(28-30-53(46)64-58(43)55)62-49-23-10-8-19-44(49)56-51(62)24-13-32-60-56/h1-36H. The molecule has 0 saturated carbocycles. The number of rotatable bonds is 6. The topological polar surface area (TPSA) is 35.6 Å². The van der Waals surface area contributed by atoms with Gasteiger partial charge in [0, 0.05) is 86.5 Å². The zero-order chi connectivity index (χ0) is 42.6. The SMILES string of the molecule is c1ccc([Si](c2ccccc2)(c2cccc3c2sc2ccc(-n4c5ccccc5c5cnccc54)cc23)c2cccc3c2sc2ccc(-n4c5ccccc5c5ncccc54)cc23)cc1. The van der Waals surface area contributed by atoms with Gasteiger partial charge in [-0.15, -0.1) is 22.7 Å². The number of para-hydroxylation sites is 2. The highest BCUT2D eigenvalue weighted by Crippen LogP contribution is 2.40. The van der Waals surface area contributed by atoms with Gasteiger partial charge in [-0.2, -0.15) is 0 Å². The maximum absolute atomic E-state index is 4.84. The molecular formula is C58H36N4S2Si. The minimum absolute atomic E-state index is 1.03. The molecule has 7 heteroatoms. The summed E-state index contributed by atoms with van der Waals surface area (Å²) in [6.45, 7) is 0. The predicted molar refractivity (Wildman–Crippen MR) is 280 cm³/mol. The Hall–Kier alpha value is -7.68. The summed E-state index contributed by atoms with van der Waals surface area (Å²) in [5, 5.41) is 14.3. The summed E-state index contributed by atoms with van der Waals surface area (Å²) in [5.41, 5.74) is 7.95. The van der Waals surface area contributed by atoms with E-state index in [0.717, 1.165) is 44.2 Å². The number of thiophene rings is 2. The van der Waals surface area contributed by atoms with E-state index in [0.29, 0.717) is 0 Å². The summed E-state index contributed by atoms with van der Waals surface area (Å²) in [6.07, 6.45) is 5.79. The Labute approximate surface area is 382 Å². The Morgan fingerprint density at radius 2 is 0.877 bits per heavy atom. The molecule has 0 radical (unpaired) electrons. The first-order valence-corrected chi connectivity index (χ1v) is 25.6. The Morgan fingerprint density at radius 3 is 1.51 bits per heavy atom. The quantitative estimate of drug-likeness (QED) is 0.123. The number of nitrogens with zero attached hydrogens (tertiary/aromatic N) is 4. The van der Waals surface area contributed by atoms with E-state index in [1.807, 2.05) is 47.3 Å². The summed E-state index contributed by atoms with van der Waals surface area (Å²) in [6, 6.07) is 74.8. The Bertz CT molecular complexity index is 3820. The molecule has 14 rings (SSSR count). The van der Waals surface area contributed by atoms with Gasteiger partial charge < -0.3 is 9.13 Å². The second kappa shape index (κ2) is 14.2. The lowest BCUT2D eigenvalue weighted by Crippen LogP contribution is -2.74. The van der Waals surface area contributed by atoms with Gasteiger partial charge in [-0.3, -0.25) is 9.97 Å². The summed E-state index contributed by atoms with van der Waals surface area (Å²) < 4.78 is 10.1. The van der Waals surface area contributed by atoms with Crippen molar-refractivity contribution < 1.29 is 0 Å². The number of aromatic nitrogens is 4. The molecule has 0 saturated heterocycles. The van der Waals surface area contributed by atoms with E-state index in [-0.39, 0.29) is 0 Å². The Balaban J connectivity index is 1.04. The summed E-state index contributed by atoms with van der Waals surface area (Å²) >= 11 is 3.87. The van der Waals surface area contributed by atoms with Crippen molar-refractivity contribution in [1.82, 2.24) is 19.1 Å². The molecule has 0 amide bonds. The molecule has 8 aromatic carbocycles. The van der Waals surface area contributed by atoms with Crippen LogP contribution in [0.1, 0.15) is 0 Å². The van der Waals surface area contributed by atoms with E-state index in [1.54, 1.807) is 0 Å².